The number of carbonyl (C=O) groups is 2. The van der Waals surface area contributed by atoms with E-state index in [1.165, 1.54) is 18.7 Å². The fourth-order valence-corrected chi connectivity index (χ4v) is 3.78. The van der Waals surface area contributed by atoms with Crippen LogP contribution in [0.25, 0.3) is 22.3 Å². The highest BCUT2D eigenvalue weighted by Crippen LogP contribution is 2.24. The average molecular weight is 391 g/mol. The van der Waals surface area contributed by atoms with E-state index in [2.05, 4.69) is 15.2 Å². The molecule has 28 heavy (non-hydrogen) atoms. The first kappa shape index (κ1) is 18.1. The molecule has 0 atom stereocenters. The van der Waals surface area contributed by atoms with Crippen LogP contribution in [0, 0.1) is 0 Å². The summed E-state index contributed by atoms with van der Waals surface area (Å²) in [6.45, 7) is 1.50. The number of hydrogen-bond acceptors (Lipinski definition) is 6. The van der Waals surface area contributed by atoms with E-state index < -0.39 is 0 Å². The Morgan fingerprint density at radius 1 is 1.14 bits per heavy atom. The number of aromatic nitrogens is 5. The third kappa shape index (κ3) is 3.34. The molecule has 1 aromatic carbocycles. The number of Topliss-reactive ketones (excluding diaryl/α,β-unsaturated/α-hetero) is 1. The Bertz CT molecular complexity index is 1180. The summed E-state index contributed by atoms with van der Waals surface area (Å²) in [6, 6.07) is 11.0. The van der Waals surface area contributed by atoms with E-state index >= 15 is 0 Å². The van der Waals surface area contributed by atoms with Crippen molar-refractivity contribution in [2.45, 2.75) is 12.1 Å². The summed E-state index contributed by atoms with van der Waals surface area (Å²) < 4.78 is 3.39. The van der Waals surface area contributed by atoms with Gasteiger partial charge in [-0.1, -0.05) is 23.9 Å². The Hall–Kier alpha value is -3.26. The normalized spacial score (nSPS) is 11.1. The second-order valence-corrected chi connectivity index (χ2v) is 7.24. The lowest BCUT2D eigenvalue weighted by Gasteiger charge is -2.05. The third-order valence-corrected chi connectivity index (χ3v) is 5.46. The summed E-state index contributed by atoms with van der Waals surface area (Å²) >= 11 is 1.33. The van der Waals surface area contributed by atoms with Crippen LogP contribution < -0.4 is 0 Å². The average Bonchev–Trinajstić information content (AvgIpc) is 3.29. The highest BCUT2D eigenvalue weighted by Gasteiger charge is 2.15. The lowest BCUT2D eigenvalue weighted by Crippen LogP contribution is -2.06. The molecule has 0 radical (unpaired) electrons. The molecular weight excluding hydrogens is 374 g/mol. The smallest absolute Gasteiger partial charge is 0.227 e. The molecule has 0 N–H and O–H groups in total. The molecule has 0 amide bonds. The lowest BCUT2D eigenvalue weighted by atomic mass is 10.1. The zero-order valence-corrected chi connectivity index (χ0v) is 16.2. The predicted molar refractivity (Wildman–Crippen MR) is 108 cm³/mol. The maximum absolute atomic E-state index is 12.7. The van der Waals surface area contributed by atoms with Crippen LogP contribution in [0.5, 0.6) is 0 Å². The van der Waals surface area contributed by atoms with Gasteiger partial charge in [0.2, 0.25) is 5.91 Å². The van der Waals surface area contributed by atoms with E-state index in [-0.39, 0.29) is 17.4 Å². The van der Waals surface area contributed by atoms with E-state index in [0.29, 0.717) is 16.5 Å². The van der Waals surface area contributed by atoms with Crippen LogP contribution >= 0.6 is 11.8 Å². The first-order chi connectivity index (χ1) is 13.5. The monoisotopic (exact) mass is 391 g/mol. The van der Waals surface area contributed by atoms with Crippen LogP contribution in [-0.2, 0) is 7.05 Å². The molecule has 0 bridgehead atoms. The molecule has 0 aliphatic heterocycles. The van der Waals surface area contributed by atoms with E-state index in [0.717, 1.165) is 16.5 Å². The Morgan fingerprint density at radius 3 is 2.75 bits per heavy atom. The van der Waals surface area contributed by atoms with Gasteiger partial charge in [-0.05, 0) is 24.3 Å². The number of ketones is 1. The Balaban J connectivity index is 1.52. The zero-order valence-electron chi connectivity index (χ0n) is 15.4. The van der Waals surface area contributed by atoms with Crippen molar-refractivity contribution in [1.82, 2.24) is 24.3 Å². The summed E-state index contributed by atoms with van der Waals surface area (Å²) in [5.74, 6) is 0.805. The minimum absolute atomic E-state index is 0.0332. The number of pyridine rings is 1. The van der Waals surface area contributed by atoms with Gasteiger partial charge in [-0.25, -0.2) is 0 Å². The molecule has 0 saturated carbocycles. The molecule has 3 heterocycles. The lowest BCUT2D eigenvalue weighted by molar-refractivity contribution is 0.0940. The van der Waals surface area contributed by atoms with Gasteiger partial charge in [-0.3, -0.25) is 19.1 Å². The largest absolute Gasteiger partial charge is 0.305 e. The van der Waals surface area contributed by atoms with Crippen molar-refractivity contribution in [1.29, 1.82) is 0 Å². The fraction of sp³-hybridized carbons (Fsp3) is 0.150. The minimum atomic E-state index is -0.0870. The van der Waals surface area contributed by atoms with Crippen LogP contribution in [0.1, 0.15) is 22.1 Å². The van der Waals surface area contributed by atoms with Gasteiger partial charge >= 0.3 is 0 Å². The molecule has 0 aliphatic rings. The van der Waals surface area contributed by atoms with Gasteiger partial charge in [-0.2, -0.15) is 0 Å². The van der Waals surface area contributed by atoms with Crippen LogP contribution in [0.4, 0.5) is 0 Å². The van der Waals surface area contributed by atoms with Gasteiger partial charge in [0.1, 0.15) is 0 Å². The quantitative estimate of drug-likeness (QED) is 0.383. The number of hydrogen-bond donors (Lipinski definition) is 0. The zero-order chi connectivity index (χ0) is 19.7. The van der Waals surface area contributed by atoms with Crippen molar-refractivity contribution < 1.29 is 9.59 Å². The summed E-state index contributed by atoms with van der Waals surface area (Å²) in [5.41, 5.74) is 2.17. The van der Waals surface area contributed by atoms with Crippen LogP contribution in [0.2, 0.25) is 0 Å². The van der Waals surface area contributed by atoms with Crippen molar-refractivity contribution in [2.75, 3.05) is 5.75 Å². The maximum Gasteiger partial charge on any atom is 0.227 e. The van der Waals surface area contributed by atoms with Crippen molar-refractivity contribution >= 4 is 34.4 Å². The number of rotatable bonds is 5. The van der Waals surface area contributed by atoms with E-state index in [1.54, 1.807) is 35.3 Å². The van der Waals surface area contributed by atoms with E-state index in [1.807, 2.05) is 35.9 Å². The highest BCUT2D eigenvalue weighted by molar-refractivity contribution is 7.99. The molecule has 4 rings (SSSR count). The van der Waals surface area contributed by atoms with Crippen molar-refractivity contribution in [3.8, 4) is 11.4 Å². The second kappa shape index (κ2) is 7.40. The number of benzene rings is 1. The van der Waals surface area contributed by atoms with Gasteiger partial charge in [-0.15, -0.1) is 10.2 Å². The molecule has 0 fully saturated rings. The topological polar surface area (TPSA) is 82.7 Å². The van der Waals surface area contributed by atoms with Crippen LogP contribution in [0.3, 0.4) is 0 Å². The summed E-state index contributed by atoms with van der Waals surface area (Å²) in [5, 5.41) is 9.96. The molecule has 4 aromatic rings. The number of nitrogens with zero attached hydrogens (tertiary/aromatic N) is 5. The number of fused-ring (bicyclic) bond motifs is 1. The Kier molecular flexibility index (Phi) is 4.79. The molecule has 7 nitrogen and oxygen atoms in total. The van der Waals surface area contributed by atoms with Gasteiger partial charge in [0.05, 0.1) is 11.3 Å². The molecular formula is C20H17N5O2S. The standard InChI is InChI=1S/C20H17N5O2S/c1-13(26)25-9-7-14-5-6-15(10-17(14)25)18(27)12-28-20-23-22-19(24(20)2)16-4-3-8-21-11-16/h3-11H,12H2,1-2H3. The summed E-state index contributed by atoms with van der Waals surface area (Å²) in [4.78, 5) is 28.5. The number of carbonyl (C=O) groups excluding carboxylic acids is 2. The van der Waals surface area contributed by atoms with Gasteiger partial charge < -0.3 is 4.57 Å². The predicted octanol–water partition coefficient (Wildman–Crippen LogP) is 3.47. The molecule has 3 aromatic heterocycles. The first-order valence-corrected chi connectivity index (χ1v) is 9.61. The van der Waals surface area contributed by atoms with Crippen molar-refractivity contribution in [3.05, 3.63) is 60.6 Å². The molecule has 0 aliphatic carbocycles. The van der Waals surface area contributed by atoms with E-state index in [4.69, 9.17) is 0 Å². The van der Waals surface area contributed by atoms with Gasteiger partial charge in [0.25, 0.3) is 0 Å². The van der Waals surface area contributed by atoms with Crippen molar-refractivity contribution in [2.24, 2.45) is 7.05 Å². The summed E-state index contributed by atoms with van der Waals surface area (Å²) in [7, 11) is 1.86. The molecule has 0 unspecified atom stereocenters. The first-order valence-electron chi connectivity index (χ1n) is 8.62. The maximum atomic E-state index is 12.7. The fourth-order valence-electron chi connectivity index (χ4n) is 2.98. The van der Waals surface area contributed by atoms with Gasteiger partial charge in [0.15, 0.2) is 16.8 Å². The molecule has 8 heteroatoms. The Labute approximate surface area is 165 Å². The Morgan fingerprint density at radius 2 is 2.00 bits per heavy atom. The molecule has 0 saturated heterocycles. The summed E-state index contributed by atoms with van der Waals surface area (Å²) in [6.07, 6.45) is 5.14. The van der Waals surface area contributed by atoms with E-state index in [9.17, 15) is 9.59 Å². The highest BCUT2D eigenvalue weighted by atomic mass is 32.2. The van der Waals surface area contributed by atoms with Crippen molar-refractivity contribution in [3.63, 3.8) is 0 Å². The molecule has 0 spiro atoms. The number of thioether (sulfide) groups is 1. The SMILES string of the molecule is CC(=O)n1ccc2ccc(C(=O)CSc3nnc(-c4cccnc4)n3C)cc21. The second-order valence-electron chi connectivity index (χ2n) is 6.30. The van der Waals surface area contributed by atoms with Crippen LogP contribution in [0.15, 0.2) is 60.1 Å². The molecule has 140 valence electrons. The van der Waals surface area contributed by atoms with Gasteiger partial charge in [0, 0.05) is 49.1 Å². The van der Waals surface area contributed by atoms with Crippen LogP contribution in [-0.4, -0.2) is 41.8 Å². The third-order valence-electron chi connectivity index (χ3n) is 4.44. The minimum Gasteiger partial charge on any atom is -0.305 e.